The summed E-state index contributed by atoms with van der Waals surface area (Å²) in [5, 5.41) is 14.7. The number of nitrogens with one attached hydrogen (secondary N) is 5. The molecule has 1 atom stereocenters. The molecule has 7 amide bonds. The van der Waals surface area contributed by atoms with Gasteiger partial charge in [-0.25, -0.2) is 0 Å². The van der Waals surface area contributed by atoms with Gasteiger partial charge in [0.2, 0.25) is 11.8 Å². The summed E-state index contributed by atoms with van der Waals surface area (Å²) in [6.45, 7) is 2.15. The van der Waals surface area contributed by atoms with Gasteiger partial charge in [-0.2, -0.15) is 0 Å². The fourth-order valence-corrected chi connectivity index (χ4v) is 7.15. The van der Waals surface area contributed by atoms with Crippen LogP contribution in [0, 0.1) is 6.92 Å². The van der Waals surface area contributed by atoms with Gasteiger partial charge in [0.15, 0.2) is 6.61 Å². The van der Waals surface area contributed by atoms with E-state index < -0.39 is 42.2 Å². The summed E-state index contributed by atoms with van der Waals surface area (Å²) in [7, 11) is 1.58. The van der Waals surface area contributed by atoms with Crippen LogP contribution in [0.25, 0.3) is 22.0 Å². The average Bonchev–Trinajstić information content (AvgIpc) is 3.49. The van der Waals surface area contributed by atoms with E-state index in [9.17, 15) is 33.6 Å². The van der Waals surface area contributed by atoms with Crippen LogP contribution in [0.3, 0.4) is 0 Å². The van der Waals surface area contributed by atoms with Crippen molar-refractivity contribution in [2.45, 2.75) is 38.6 Å². The number of para-hydroxylation sites is 1. The largest absolute Gasteiger partial charge is 0.483 e. The molecule has 1 fully saturated rings. The number of rotatable bonds is 14. The van der Waals surface area contributed by atoms with Gasteiger partial charge in [0.05, 0.1) is 27.9 Å². The highest BCUT2D eigenvalue weighted by Crippen LogP contribution is 2.35. The molecule has 15 nitrogen and oxygen atoms in total. The van der Waals surface area contributed by atoms with E-state index in [2.05, 4.69) is 31.6 Å². The van der Waals surface area contributed by atoms with E-state index >= 15 is 0 Å². The van der Waals surface area contributed by atoms with Crippen LogP contribution in [0.4, 0.5) is 11.4 Å². The zero-order valence-corrected chi connectivity index (χ0v) is 32.3. The van der Waals surface area contributed by atoms with Crippen LogP contribution in [-0.4, -0.2) is 84.0 Å². The zero-order valence-electron chi connectivity index (χ0n) is 32.3. The first kappa shape index (κ1) is 39.8. The van der Waals surface area contributed by atoms with Gasteiger partial charge in [0.25, 0.3) is 29.5 Å². The zero-order chi connectivity index (χ0) is 41.6. The van der Waals surface area contributed by atoms with E-state index in [1.54, 1.807) is 19.3 Å². The van der Waals surface area contributed by atoms with E-state index in [1.807, 2.05) is 67.6 Å². The van der Waals surface area contributed by atoms with Gasteiger partial charge >= 0.3 is 0 Å². The Labute approximate surface area is 338 Å². The van der Waals surface area contributed by atoms with Gasteiger partial charge in [-0.15, -0.1) is 0 Å². The first-order chi connectivity index (χ1) is 28.5. The SMILES string of the molecule is CNC(=O)c1cnc2ccc(-c3ccc(C(=O)NCCCCNC(=O)COc4cccc5c4C(=O)N(C4CCC(=O)NC4=O)C5=O)c(C)c3)cc2c1Nc1ccccc1. The minimum atomic E-state index is -1.11. The lowest BCUT2D eigenvalue weighted by atomic mass is 9.97. The number of carbonyl (C=O) groups is 7. The number of nitrogens with zero attached hydrogens (tertiary/aromatic N) is 2. The molecular formula is C44H41N7O8. The second-order valence-corrected chi connectivity index (χ2v) is 14.1. The van der Waals surface area contributed by atoms with Crippen LogP contribution in [0.2, 0.25) is 0 Å². The molecule has 0 saturated carbocycles. The first-order valence-electron chi connectivity index (χ1n) is 19.1. The van der Waals surface area contributed by atoms with Crippen molar-refractivity contribution in [1.82, 2.24) is 31.2 Å². The quantitative estimate of drug-likeness (QED) is 0.0791. The summed E-state index contributed by atoms with van der Waals surface area (Å²) in [5.74, 6) is -3.48. The number of hydrogen-bond acceptors (Lipinski definition) is 10. The van der Waals surface area contributed by atoms with Crippen LogP contribution in [0.15, 0.2) is 91.1 Å². The lowest BCUT2D eigenvalue weighted by Gasteiger charge is -2.27. The molecular weight excluding hydrogens is 755 g/mol. The van der Waals surface area contributed by atoms with E-state index in [1.165, 1.54) is 18.2 Å². The number of pyridine rings is 1. The number of unbranched alkanes of at least 4 members (excludes halogenated alkanes) is 1. The maximum Gasteiger partial charge on any atom is 0.266 e. The Kier molecular flexibility index (Phi) is 11.7. The van der Waals surface area contributed by atoms with Crippen LogP contribution < -0.4 is 31.3 Å². The van der Waals surface area contributed by atoms with Gasteiger partial charge in [-0.1, -0.05) is 42.5 Å². The lowest BCUT2D eigenvalue weighted by Crippen LogP contribution is -2.54. The molecule has 2 aliphatic heterocycles. The predicted molar refractivity (Wildman–Crippen MR) is 218 cm³/mol. The van der Waals surface area contributed by atoms with E-state index in [-0.39, 0.29) is 41.5 Å². The summed E-state index contributed by atoms with van der Waals surface area (Å²) in [5.41, 5.74) is 5.70. The van der Waals surface area contributed by atoms with Crippen molar-refractivity contribution in [3.05, 3.63) is 119 Å². The minimum absolute atomic E-state index is 0.0000826. The Morgan fingerprint density at radius 1 is 0.831 bits per heavy atom. The van der Waals surface area contributed by atoms with Gasteiger partial charge < -0.3 is 26.0 Å². The molecule has 5 N–H and O–H groups in total. The highest BCUT2D eigenvalue weighted by molar-refractivity contribution is 6.24. The molecule has 0 spiro atoms. The standard InChI is InChI=1S/C44H41N7O8/c1-25-21-26(27-14-16-33-31(22-27)39(32(23-48-33)40(54)45-2)49-28-9-4-3-5-10-28)13-15-29(25)41(55)47-20-7-6-19-46-37(53)24-59-35-12-8-11-30-38(35)44(58)51(43(30)57)34-17-18-36(52)50-42(34)56/h3-5,8-16,21-23,34H,6-7,17-20,24H2,1-2H3,(H,45,54)(H,46,53)(H,47,55)(H,48,49)(H,50,52,56). The molecule has 3 heterocycles. The molecule has 0 radical (unpaired) electrons. The topological polar surface area (TPSA) is 205 Å². The Morgan fingerprint density at radius 3 is 2.32 bits per heavy atom. The number of benzene rings is 4. The fraction of sp³-hybridized carbons (Fsp3) is 0.227. The molecule has 1 saturated heterocycles. The maximum absolute atomic E-state index is 13.3. The van der Waals surface area contributed by atoms with Crippen LogP contribution in [0.1, 0.15) is 72.7 Å². The normalized spacial score (nSPS) is 14.7. The smallest absolute Gasteiger partial charge is 0.266 e. The van der Waals surface area contributed by atoms with Crippen LogP contribution >= 0.6 is 0 Å². The Bertz CT molecular complexity index is 2520. The maximum atomic E-state index is 13.3. The van der Waals surface area contributed by atoms with Crippen molar-refractivity contribution in [3.8, 4) is 16.9 Å². The summed E-state index contributed by atoms with van der Waals surface area (Å²) in [6, 6.07) is 24.3. The van der Waals surface area contributed by atoms with Crippen LogP contribution in [-0.2, 0) is 14.4 Å². The summed E-state index contributed by atoms with van der Waals surface area (Å²) < 4.78 is 5.64. The predicted octanol–water partition coefficient (Wildman–Crippen LogP) is 4.42. The minimum Gasteiger partial charge on any atom is -0.483 e. The highest BCUT2D eigenvalue weighted by Gasteiger charge is 2.46. The van der Waals surface area contributed by atoms with E-state index in [4.69, 9.17) is 4.74 Å². The molecule has 7 rings (SSSR count). The Balaban J connectivity index is 0.896. The van der Waals surface area contributed by atoms with Gasteiger partial charge in [0, 0.05) is 49.4 Å². The van der Waals surface area contributed by atoms with Crippen molar-refractivity contribution in [2.24, 2.45) is 0 Å². The molecule has 300 valence electrons. The third-order valence-corrected chi connectivity index (χ3v) is 10.2. The molecule has 1 aromatic heterocycles. The van der Waals surface area contributed by atoms with Crippen molar-refractivity contribution >= 4 is 63.6 Å². The molecule has 2 aliphatic rings. The molecule has 5 aromatic rings. The monoisotopic (exact) mass is 795 g/mol. The van der Waals surface area contributed by atoms with E-state index in [0.29, 0.717) is 48.3 Å². The number of aromatic nitrogens is 1. The molecule has 1 unspecified atom stereocenters. The highest BCUT2D eigenvalue weighted by atomic mass is 16.5. The molecule has 4 aromatic carbocycles. The van der Waals surface area contributed by atoms with Crippen LogP contribution in [0.5, 0.6) is 5.75 Å². The summed E-state index contributed by atoms with van der Waals surface area (Å²) in [6.07, 6.45) is 2.74. The summed E-state index contributed by atoms with van der Waals surface area (Å²) >= 11 is 0. The first-order valence-corrected chi connectivity index (χ1v) is 19.1. The molecule has 15 heteroatoms. The molecule has 0 aliphatic carbocycles. The van der Waals surface area contributed by atoms with Gasteiger partial charge in [0.1, 0.15) is 11.8 Å². The third kappa shape index (κ3) is 8.49. The number of piperidine rings is 1. The van der Waals surface area contributed by atoms with Gasteiger partial charge in [-0.05, 0) is 85.3 Å². The summed E-state index contributed by atoms with van der Waals surface area (Å²) in [4.78, 5) is 94.1. The Hall–Kier alpha value is -7.42. The number of amides is 7. The van der Waals surface area contributed by atoms with Gasteiger partial charge in [-0.3, -0.25) is 48.8 Å². The second-order valence-electron chi connectivity index (χ2n) is 14.1. The number of imide groups is 2. The second kappa shape index (κ2) is 17.4. The third-order valence-electron chi connectivity index (χ3n) is 10.2. The number of aryl methyl sites for hydroxylation is 1. The average molecular weight is 796 g/mol. The van der Waals surface area contributed by atoms with Crippen molar-refractivity contribution in [1.29, 1.82) is 0 Å². The molecule has 59 heavy (non-hydrogen) atoms. The number of hydrogen-bond donors (Lipinski definition) is 5. The molecule has 0 bridgehead atoms. The van der Waals surface area contributed by atoms with E-state index in [0.717, 1.165) is 32.7 Å². The van der Waals surface area contributed by atoms with Crippen molar-refractivity contribution in [2.75, 3.05) is 32.1 Å². The van der Waals surface area contributed by atoms with Crippen molar-refractivity contribution < 1.29 is 38.3 Å². The number of fused-ring (bicyclic) bond motifs is 2. The number of carbonyl (C=O) groups excluding carboxylic acids is 7. The number of ether oxygens (including phenoxy) is 1. The lowest BCUT2D eigenvalue weighted by molar-refractivity contribution is -0.136. The Morgan fingerprint density at radius 2 is 1.58 bits per heavy atom. The number of anilines is 2. The van der Waals surface area contributed by atoms with Crippen molar-refractivity contribution in [3.63, 3.8) is 0 Å². The fourth-order valence-electron chi connectivity index (χ4n) is 7.15.